The molecule has 2 aromatic heterocycles. The third-order valence-electron chi connectivity index (χ3n) is 7.04. The lowest BCUT2D eigenvalue weighted by atomic mass is 9.83. The smallest absolute Gasteiger partial charge is 0.254 e. The zero-order valence-corrected chi connectivity index (χ0v) is 19.5. The Morgan fingerprint density at radius 1 is 1.03 bits per heavy atom. The molecule has 9 heteroatoms. The van der Waals surface area contributed by atoms with Gasteiger partial charge in [0.2, 0.25) is 11.8 Å². The van der Waals surface area contributed by atoms with Crippen molar-refractivity contribution < 1.29 is 14.4 Å². The molecule has 178 valence electrons. The van der Waals surface area contributed by atoms with Crippen LogP contribution in [-0.2, 0) is 9.59 Å². The molecule has 2 aliphatic rings. The largest absolute Gasteiger partial charge is 0.343 e. The fourth-order valence-corrected chi connectivity index (χ4v) is 4.82. The van der Waals surface area contributed by atoms with Crippen molar-refractivity contribution in [3.05, 3.63) is 36.2 Å². The summed E-state index contributed by atoms with van der Waals surface area (Å²) in [5, 5.41) is 10.1. The number of carbonyl (C=O) groups excluding carboxylic acids is 3. The van der Waals surface area contributed by atoms with Crippen molar-refractivity contribution in [2.24, 2.45) is 5.92 Å². The molecule has 9 nitrogen and oxygen atoms in total. The Kier molecular flexibility index (Phi) is 7.27. The summed E-state index contributed by atoms with van der Waals surface area (Å²) in [5.74, 6) is -0.0380. The Hall–Kier alpha value is -2.94. The molecule has 2 N–H and O–H groups in total. The standard InChI is InChI=1S/C24H34N6O3/c1-17(25-2)22(31)27-21(18-6-4-3-5-7-18)24(33)29-14-12-28(13-15-29)23(32)19-9-11-30-20(16-19)8-10-26-30/h8-11,16-18,21,25H,3-7,12-15H2,1-2H3,(H,27,31)/t17-,21?/m0/s1. The molecule has 3 amide bonds. The van der Waals surface area contributed by atoms with Gasteiger partial charge in [-0.1, -0.05) is 19.3 Å². The molecule has 2 fully saturated rings. The molecule has 3 heterocycles. The number of nitrogens with zero attached hydrogens (tertiary/aromatic N) is 4. The van der Waals surface area contributed by atoms with Crippen LogP contribution in [0.3, 0.4) is 0 Å². The lowest BCUT2D eigenvalue weighted by Gasteiger charge is -2.39. The van der Waals surface area contributed by atoms with E-state index in [1.807, 2.05) is 17.0 Å². The summed E-state index contributed by atoms with van der Waals surface area (Å²) in [6.45, 7) is 3.70. The van der Waals surface area contributed by atoms with E-state index >= 15 is 0 Å². The number of aromatic nitrogens is 2. The van der Waals surface area contributed by atoms with E-state index in [0.717, 1.165) is 31.2 Å². The molecular formula is C24H34N6O3. The molecule has 0 spiro atoms. The number of amides is 3. The fraction of sp³-hybridized carbons (Fsp3) is 0.583. The highest BCUT2D eigenvalue weighted by molar-refractivity contribution is 5.95. The van der Waals surface area contributed by atoms with Gasteiger partial charge in [-0.25, -0.2) is 4.52 Å². The molecule has 2 atom stereocenters. The first-order valence-corrected chi connectivity index (χ1v) is 12.0. The van der Waals surface area contributed by atoms with E-state index in [1.54, 1.807) is 41.8 Å². The Morgan fingerprint density at radius 3 is 2.42 bits per heavy atom. The van der Waals surface area contributed by atoms with Crippen LogP contribution in [0, 0.1) is 5.92 Å². The van der Waals surface area contributed by atoms with Crippen LogP contribution in [0.25, 0.3) is 5.52 Å². The molecule has 1 saturated carbocycles. The van der Waals surface area contributed by atoms with Gasteiger partial charge in [-0.3, -0.25) is 14.4 Å². The molecule has 1 aliphatic carbocycles. The highest BCUT2D eigenvalue weighted by Gasteiger charge is 2.36. The van der Waals surface area contributed by atoms with Crippen LogP contribution < -0.4 is 10.6 Å². The molecule has 1 saturated heterocycles. The first-order chi connectivity index (χ1) is 16.0. The summed E-state index contributed by atoms with van der Waals surface area (Å²) < 4.78 is 1.72. The second kappa shape index (κ2) is 10.3. The number of nitrogens with one attached hydrogen (secondary N) is 2. The average Bonchev–Trinajstić information content (AvgIpc) is 3.34. The maximum absolute atomic E-state index is 13.5. The minimum Gasteiger partial charge on any atom is -0.343 e. The van der Waals surface area contributed by atoms with Gasteiger partial charge in [0.05, 0.1) is 11.6 Å². The van der Waals surface area contributed by atoms with Gasteiger partial charge in [0, 0.05) is 44.1 Å². The van der Waals surface area contributed by atoms with Crippen LogP contribution in [0.2, 0.25) is 0 Å². The van der Waals surface area contributed by atoms with Crippen LogP contribution in [-0.4, -0.2) is 82.4 Å². The number of likely N-dealkylation sites (N-methyl/N-ethyl adjacent to an activating group) is 1. The first-order valence-electron chi connectivity index (χ1n) is 12.0. The lowest BCUT2D eigenvalue weighted by molar-refractivity contribution is -0.140. The predicted octanol–water partition coefficient (Wildman–Crippen LogP) is 1.29. The van der Waals surface area contributed by atoms with Crippen molar-refractivity contribution in [3.63, 3.8) is 0 Å². The highest BCUT2D eigenvalue weighted by atomic mass is 16.2. The maximum atomic E-state index is 13.5. The second-order valence-corrected chi connectivity index (χ2v) is 9.13. The summed E-state index contributed by atoms with van der Waals surface area (Å²) >= 11 is 0. The maximum Gasteiger partial charge on any atom is 0.254 e. The number of hydrogen-bond donors (Lipinski definition) is 2. The van der Waals surface area contributed by atoms with Gasteiger partial charge in [0.1, 0.15) is 6.04 Å². The Bertz CT molecular complexity index is 991. The summed E-state index contributed by atoms with van der Waals surface area (Å²) in [6.07, 6.45) is 8.77. The molecule has 0 aromatic carbocycles. The van der Waals surface area contributed by atoms with Crippen LogP contribution in [0.15, 0.2) is 30.6 Å². The minimum atomic E-state index is -0.500. The van der Waals surface area contributed by atoms with E-state index in [9.17, 15) is 14.4 Å². The van der Waals surface area contributed by atoms with E-state index < -0.39 is 6.04 Å². The zero-order chi connectivity index (χ0) is 23.4. The number of rotatable bonds is 6. The van der Waals surface area contributed by atoms with E-state index in [-0.39, 0.29) is 29.7 Å². The molecular weight excluding hydrogens is 420 g/mol. The summed E-state index contributed by atoms with van der Waals surface area (Å²) in [5.41, 5.74) is 1.49. The van der Waals surface area contributed by atoms with Gasteiger partial charge < -0.3 is 20.4 Å². The SMILES string of the molecule is CN[C@@H](C)C(=O)NC(C(=O)N1CCN(C(=O)c2ccn3nccc3c2)CC1)C1CCCCC1. The second-order valence-electron chi connectivity index (χ2n) is 9.13. The Labute approximate surface area is 194 Å². The topological polar surface area (TPSA) is 99.0 Å². The van der Waals surface area contributed by atoms with Gasteiger partial charge in [-0.2, -0.15) is 5.10 Å². The number of hydrogen-bond acceptors (Lipinski definition) is 5. The van der Waals surface area contributed by atoms with Gasteiger partial charge in [-0.15, -0.1) is 0 Å². The van der Waals surface area contributed by atoms with Crippen molar-refractivity contribution >= 4 is 23.2 Å². The van der Waals surface area contributed by atoms with Gasteiger partial charge in [0.15, 0.2) is 0 Å². The average molecular weight is 455 g/mol. The third kappa shape index (κ3) is 5.19. The quantitative estimate of drug-likeness (QED) is 0.685. The van der Waals surface area contributed by atoms with E-state index in [4.69, 9.17) is 0 Å². The first kappa shape index (κ1) is 23.2. The summed E-state index contributed by atoms with van der Waals surface area (Å²) in [7, 11) is 1.74. The minimum absolute atomic E-state index is 0.0219. The van der Waals surface area contributed by atoms with Gasteiger partial charge in [-0.05, 0) is 50.9 Å². The van der Waals surface area contributed by atoms with Crippen molar-refractivity contribution in [2.45, 2.75) is 51.1 Å². The fourth-order valence-electron chi connectivity index (χ4n) is 4.82. The third-order valence-corrected chi connectivity index (χ3v) is 7.04. The van der Waals surface area contributed by atoms with Crippen molar-refractivity contribution in [2.75, 3.05) is 33.2 Å². The zero-order valence-electron chi connectivity index (χ0n) is 19.5. The molecule has 1 aliphatic heterocycles. The van der Waals surface area contributed by atoms with Crippen LogP contribution in [0.1, 0.15) is 49.4 Å². The monoisotopic (exact) mass is 454 g/mol. The van der Waals surface area contributed by atoms with E-state index in [2.05, 4.69) is 15.7 Å². The Morgan fingerprint density at radius 2 is 1.73 bits per heavy atom. The van der Waals surface area contributed by atoms with Crippen molar-refractivity contribution in [3.8, 4) is 0 Å². The number of piperazine rings is 1. The van der Waals surface area contributed by atoms with E-state index in [1.165, 1.54) is 6.42 Å². The Balaban J connectivity index is 1.40. The van der Waals surface area contributed by atoms with Crippen LogP contribution >= 0.6 is 0 Å². The molecule has 2 aromatic rings. The molecule has 4 rings (SSSR count). The predicted molar refractivity (Wildman–Crippen MR) is 125 cm³/mol. The number of carbonyl (C=O) groups is 3. The van der Waals surface area contributed by atoms with E-state index in [0.29, 0.717) is 31.7 Å². The van der Waals surface area contributed by atoms with Crippen LogP contribution in [0.5, 0.6) is 0 Å². The molecule has 33 heavy (non-hydrogen) atoms. The summed E-state index contributed by atoms with van der Waals surface area (Å²) in [4.78, 5) is 42.7. The lowest BCUT2D eigenvalue weighted by Crippen LogP contribution is -2.59. The summed E-state index contributed by atoms with van der Waals surface area (Å²) in [6, 6.07) is 4.62. The van der Waals surface area contributed by atoms with Gasteiger partial charge in [0.25, 0.3) is 5.91 Å². The van der Waals surface area contributed by atoms with Gasteiger partial charge >= 0.3 is 0 Å². The highest BCUT2D eigenvalue weighted by Crippen LogP contribution is 2.28. The number of fused-ring (bicyclic) bond motifs is 1. The van der Waals surface area contributed by atoms with Crippen molar-refractivity contribution in [1.29, 1.82) is 0 Å². The number of pyridine rings is 1. The molecule has 0 bridgehead atoms. The van der Waals surface area contributed by atoms with Crippen LogP contribution in [0.4, 0.5) is 0 Å². The normalized spacial score (nSPS) is 19.3. The molecule has 0 radical (unpaired) electrons. The molecule has 1 unspecified atom stereocenters. The van der Waals surface area contributed by atoms with Crippen molar-refractivity contribution in [1.82, 2.24) is 30.0 Å².